The van der Waals surface area contributed by atoms with Crippen LogP contribution in [0.2, 0.25) is 0 Å². The average Bonchev–Trinajstić information content (AvgIpc) is 3.70. The summed E-state index contributed by atoms with van der Waals surface area (Å²) in [7, 11) is 2.73. The first-order valence-corrected chi connectivity index (χ1v) is 13.9. The quantitative estimate of drug-likeness (QED) is 0.156. The predicted molar refractivity (Wildman–Crippen MR) is 158 cm³/mol. The van der Waals surface area contributed by atoms with Crippen molar-refractivity contribution in [1.82, 2.24) is 4.98 Å². The molecule has 216 valence electrons. The van der Waals surface area contributed by atoms with Crippen LogP contribution < -0.4 is 14.4 Å². The summed E-state index contributed by atoms with van der Waals surface area (Å²) in [6.07, 6.45) is 0. The Morgan fingerprint density at radius 2 is 1.72 bits per heavy atom. The van der Waals surface area contributed by atoms with Gasteiger partial charge in [-0.25, -0.2) is 9.78 Å². The number of aliphatic hydroxyl groups is 1. The van der Waals surface area contributed by atoms with Crippen molar-refractivity contribution < 1.29 is 38.1 Å². The molecule has 0 bridgehead atoms. The maximum absolute atomic E-state index is 14.1. The third-order valence-corrected chi connectivity index (χ3v) is 8.06. The monoisotopic (exact) mass is 596 g/mol. The number of hydrogen-bond acceptors (Lipinski definition) is 10. The van der Waals surface area contributed by atoms with Crippen molar-refractivity contribution in [2.75, 3.05) is 19.1 Å². The summed E-state index contributed by atoms with van der Waals surface area (Å²) >= 11 is 0.918. The molecular weight excluding hydrogens is 572 g/mol. The van der Waals surface area contributed by atoms with Crippen molar-refractivity contribution in [2.24, 2.45) is 0 Å². The van der Waals surface area contributed by atoms with Crippen LogP contribution in [-0.4, -0.2) is 42.0 Å². The highest BCUT2D eigenvalue weighted by Crippen LogP contribution is 2.45. The van der Waals surface area contributed by atoms with E-state index >= 15 is 0 Å². The van der Waals surface area contributed by atoms with Crippen molar-refractivity contribution >= 4 is 45.1 Å². The number of hydrogen-bond donors (Lipinski definition) is 1. The summed E-state index contributed by atoms with van der Waals surface area (Å²) < 4.78 is 22.1. The lowest BCUT2D eigenvalue weighted by Crippen LogP contribution is -2.31. The summed E-state index contributed by atoms with van der Waals surface area (Å²) in [4.78, 5) is 45.9. The van der Waals surface area contributed by atoms with Crippen LogP contribution in [-0.2, 0) is 9.53 Å². The van der Waals surface area contributed by atoms with Gasteiger partial charge in [-0.15, -0.1) is 0 Å². The van der Waals surface area contributed by atoms with Gasteiger partial charge in [0.25, 0.3) is 5.91 Å². The molecule has 1 aliphatic heterocycles. The number of nitrogens with zero attached hydrogens (tertiary/aromatic N) is 2. The first kappa shape index (κ1) is 27.7. The molecule has 10 nitrogen and oxygen atoms in total. The number of Topliss-reactive ketones (excluding diaryl/α,β-unsaturated/α-hetero) is 1. The van der Waals surface area contributed by atoms with Crippen LogP contribution in [0.4, 0.5) is 5.13 Å². The van der Waals surface area contributed by atoms with Gasteiger partial charge in [-0.1, -0.05) is 53.8 Å². The molecule has 0 saturated heterocycles. The number of thiazole rings is 1. The Morgan fingerprint density at radius 3 is 2.47 bits per heavy atom. The van der Waals surface area contributed by atoms with Gasteiger partial charge >= 0.3 is 5.97 Å². The highest BCUT2D eigenvalue weighted by atomic mass is 32.1. The number of esters is 1. The highest BCUT2D eigenvalue weighted by molar-refractivity contribution is 7.17. The number of fused-ring (bicyclic) bond motifs is 1. The normalized spacial score (nSPS) is 14.8. The number of ether oxygens (including phenoxy) is 3. The van der Waals surface area contributed by atoms with Gasteiger partial charge in [0.1, 0.15) is 16.4 Å². The molecule has 3 heterocycles. The third kappa shape index (κ3) is 4.89. The van der Waals surface area contributed by atoms with Crippen LogP contribution in [0.15, 0.2) is 94.6 Å². The maximum Gasteiger partial charge on any atom is 0.350 e. The van der Waals surface area contributed by atoms with Gasteiger partial charge in [0.2, 0.25) is 5.78 Å². The van der Waals surface area contributed by atoms with E-state index in [4.69, 9.17) is 18.6 Å². The zero-order valence-corrected chi connectivity index (χ0v) is 24.0. The minimum absolute atomic E-state index is 0.0945. The number of ketones is 1. The molecule has 6 rings (SSSR count). The fourth-order valence-electron chi connectivity index (χ4n) is 4.93. The van der Waals surface area contributed by atoms with Crippen molar-refractivity contribution in [1.29, 1.82) is 0 Å². The van der Waals surface area contributed by atoms with Crippen molar-refractivity contribution in [3.63, 3.8) is 0 Å². The van der Waals surface area contributed by atoms with Gasteiger partial charge in [-0.3, -0.25) is 14.5 Å². The van der Waals surface area contributed by atoms with Gasteiger partial charge in [0, 0.05) is 5.39 Å². The number of rotatable bonds is 8. The summed E-state index contributed by atoms with van der Waals surface area (Å²) in [6, 6.07) is 21.6. The summed E-state index contributed by atoms with van der Waals surface area (Å²) in [5, 5.41) is 11.9. The number of furan rings is 1. The average molecular weight is 597 g/mol. The Morgan fingerprint density at radius 1 is 0.977 bits per heavy atom. The van der Waals surface area contributed by atoms with E-state index in [1.807, 2.05) is 18.2 Å². The van der Waals surface area contributed by atoms with Crippen LogP contribution in [0.25, 0.3) is 11.0 Å². The van der Waals surface area contributed by atoms with Crippen molar-refractivity contribution in [3.05, 3.63) is 112 Å². The molecular formula is C32H24N2O8S. The molecule has 1 N–H and O–H groups in total. The standard InChI is InChI=1S/C32H24N2O8S/c1-17-29(31(38)40-3)43-32(33-17)34-25(18-9-7-13-21(15-18)41-20-11-5-4-6-12-20)24(27(36)30(34)37)26(35)23-16-19-10-8-14-22(39-2)28(19)42-23/h4-16,25,36H,1-3H3. The predicted octanol–water partition coefficient (Wildman–Crippen LogP) is 6.57. The minimum atomic E-state index is -1.13. The number of aryl methyl sites for hydroxylation is 1. The van der Waals surface area contributed by atoms with Gasteiger partial charge < -0.3 is 23.7 Å². The molecule has 3 aromatic carbocycles. The molecule has 1 atom stereocenters. The van der Waals surface area contributed by atoms with Crippen LogP contribution >= 0.6 is 11.3 Å². The molecule has 11 heteroatoms. The number of anilines is 1. The number of amides is 1. The highest BCUT2D eigenvalue weighted by Gasteiger charge is 2.47. The van der Waals surface area contributed by atoms with E-state index in [-0.39, 0.29) is 21.3 Å². The van der Waals surface area contributed by atoms with Crippen LogP contribution in [0.5, 0.6) is 17.2 Å². The summed E-state index contributed by atoms with van der Waals surface area (Å²) in [5.41, 5.74) is 0.925. The second kappa shape index (κ2) is 11.1. The molecule has 0 spiro atoms. The topological polar surface area (TPSA) is 128 Å². The lowest BCUT2D eigenvalue weighted by molar-refractivity contribution is -0.117. The molecule has 1 unspecified atom stereocenters. The van der Waals surface area contributed by atoms with Gasteiger partial charge in [-0.05, 0) is 48.9 Å². The van der Waals surface area contributed by atoms with E-state index in [0.717, 1.165) is 11.3 Å². The molecule has 0 radical (unpaired) electrons. The molecule has 43 heavy (non-hydrogen) atoms. The zero-order chi connectivity index (χ0) is 30.2. The Hall–Kier alpha value is -5.42. The lowest BCUT2D eigenvalue weighted by atomic mass is 9.95. The Bertz CT molecular complexity index is 1920. The Balaban J connectivity index is 1.48. The molecule has 1 amide bonds. The first-order valence-electron chi connectivity index (χ1n) is 13.1. The van der Waals surface area contributed by atoms with Crippen molar-refractivity contribution in [2.45, 2.75) is 13.0 Å². The van der Waals surface area contributed by atoms with Gasteiger partial charge in [0.15, 0.2) is 28.0 Å². The van der Waals surface area contributed by atoms with Crippen LogP contribution in [0.3, 0.4) is 0 Å². The van der Waals surface area contributed by atoms with E-state index in [1.54, 1.807) is 61.5 Å². The summed E-state index contributed by atoms with van der Waals surface area (Å²) in [5.74, 6) is -1.58. The van der Waals surface area contributed by atoms with E-state index in [9.17, 15) is 19.5 Å². The van der Waals surface area contributed by atoms with Crippen molar-refractivity contribution in [3.8, 4) is 17.2 Å². The number of aliphatic hydroxyl groups excluding tert-OH is 1. The fourth-order valence-corrected chi connectivity index (χ4v) is 5.94. The molecule has 0 saturated carbocycles. The lowest BCUT2D eigenvalue weighted by Gasteiger charge is -2.24. The van der Waals surface area contributed by atoms with E-state index < -0.39 is 29.5 Å². The minimum Gasteiger partial charge on any atom is -0.503 e. The molecule has 0 fully saturated rings. The summed E-state index contributed by atoms with van der Waals surface area (Å²) in [6.45, 7) is 1.61. The zero-order valence-electron chi connectivity index (χ0n) is 23.2. The maximum atomic E-state index is 14.1. The number of benzene rings is 3. The largest absolute Gasteiger partial charge is 0.503 e. The SMILES string of the molecule is COC(=O)c1sc(N2C(=O)C(O)=C(C(=O)c3cc4cccc(OC)c4o3)C2c2cccc(Oc3ccccc3)c2)nc1C. The number of para-hydroxylation sites is 2. The smallest absolute Gasteiger partial charge is 0.350 e. The third-order valence-electron chi connectivity index (χ3n) is 6.92. The number of carbonyl (C=O) groups excluding carboxylic acids is 3. The van der Waals surface area contributed by atoms with Gasteiger partial charge in [0.05, 0.1) is 31.5 Å². The number of methoxy groups -OCH3 is 2. The van der Waals surface area contributed by atoms with E-state index in [2.05, 4.69) is 4.98 Å². The van der Waals surface area contributed by atoms with E-state index in [1.165, 1.54) is 25.2 Å². The van der Waals surface area contributed by atoms with Gasteiger partial charge in [-0.2, -0.15) is 0 Å². The van der Waals surface area contributed by atoms with Crippen LogP contribution in [0, 0.1) is 6.92 Å². The molecule has 1 aliphatic rings. The fraction of sp³-hybridized carbons (Fsp3) is 0.125. The molecule has 5 aromatic rings. The number of carbonyl (C=O) groups is 3. The Kier molecular flexibility index (Phi) is 7.16. The second-order valence-electron chi connectivity index (χ2n) is 9.55. The first-order chi connectivity index (χ1) is 20.8. The molecule has 0 aliphatic carbocycles. The van der Waals surface area contributed by atoms with Crippen LogP contribution in [0.1, 0.15) is 37.5 Å². The molecule has 2 aromatic heterocycles. The van der Waals surface area contributed by atoms with E-state index in [0.29, 0.717) is 39.5 Å². The second-order valence-corrected chi connectivity index (χ2v) is 10.5. The Labute approximate surface area is 249 Å². The number of aromatic nitrogens is 1.